The van der Waals surface area contributed by atoms with Gasteiger partial charge in [0.1, 0.15) is 11.5 Å². The molecule has 3 aromatic rings. The molecule has 33 heavy (non-hydrogen) atoms. The number of benzene rings is 2. The molecule has 1 aromatic heterocycles. The minimum Gasteiger partial charge on any atom is -0.478 e. The van der Waals surface area contributed by atoms with Gasteiger partial charge in [-0.2, -0.15) is 10.1 Å². The van der Waals surface area contributed by atoms with Crippen LogP contribution in [-0.2, 0) is 4.79 Å². The van der Waals surface area contributed by atoms with Gasteiger partial charge < -0.3 is 9.52 Å². The van der Waals surface area contributed by atoms with Crippen molar-refractivity contribution in [3.63, 3.8) is 0 Å². The minimum atomic E-state index is -1.10. The summed E-state index contributed by atoms with van der Waals surface area (Å²) in [6.45, 7) is 1.67. The van der Waals surface area contributed by atoms with Crippen molar-refractivity contribution in [3.8, 4) is 11.3 Å². The van der Waals surface area contributed by atoms with E-state index in [4.69, 9.17) is 4.42 Å². The topological polar surface area (TPSA) is 129 Å². The number of amides is 3. The van der Waals surface area contributed by atoms with Gasteiger partial charge >= 0.3 is 5.97 Å². The first-order valence-electron chi connectivity index (χ1n) is 9.87. The van der Waals surface area contributed by atoms with E-state index in [2.05, 4.69) is 10.4 Å². The molecule has 0 unspecified atom stereocenters. The number of rotatable bonds is 4. The van der Waals surface area contributed by atoms with Crippen LogP contribution in [0.3, 0.4) is 0 Å². The molecule has 162 valence electrons. The van der Waals surface area contributed by atoms with Gasteiger partial charge in [-0.15, -0.1) is 0 Å². The lowest BCUT2D eigenvalue weighted by Gasteiger charge is -2.12. The number of anilines is 1. The van der Waals surface area contributed by atoms with Gasteiger partial charge in [-0.3, -0.25) is 19.7 Å². The lowest BCUT2D eigenvalue weighted by molar-refractivity contribution is -0.114. The average Bonchev–Trinajstić information content (AvgIpc) is 3.46. The number of carbonyl (C=O) groups excluding carboxylic acids is 3. The Bertz CT molecular complexity index is 1450. The highest BCUT2D eigenvalue weighted by atomic mass is 16.4. The fraction of sp³-hybridized carbons (Fsp3) is 0.0417. The van der Waals surface area contributed by atoms with Crippen LogP contribution in [0.4, 0.5) is 5.69 Å². The number of hydrogen-bond acceptors (Lipinski definition) is 6. The summed E-state index contributed by atoms with van der Waals surface area (Å²) < 4.78 is 5.85. The van der Waals surface area contributed by atoms with Gasteiger partial charge in [0.05, 0.1) is 33.7 Å². The van der Waals surface area contributed by atoms with E-state index in [1.165, 1.54) is 12.1 Å². The third kappa shape index (κ3) is 3.41. The van der Waals surface area contributed by atoms with E-state index in [1.54, 1.807) is 55.5 Å². The van der Waals surface area contributed by atoms with E-state index < -0.39 is 23.7 Å². The third-order valence-corrected chi connectivity index (χ3v) is 5.33. The van der Waals surface area contributed by atoms with Crippen LogP contribution in [-0.4, -0.2) is 34.5 Å². The lowest BCUT2D eigenvalue weighted by Crippen LogP contribution is -2.21. The van der Waals surface area contributed by atoms with Crippen molar-refractivity contribution < 1.29 is 28.7 Å². The van der Waals surface area contributed by atoms with Crippen molar-refractivity contribution in [3.05, 3.63) is 82.6 Å². The van der Waals surface area contributed by atoms with Crippen LogP contribution in [0.5, 0.6) is 0 Å². The molecule has 9 heteroatoms. The van der Waals surface area contributed by atoms with Crippen molar-refractivity contribution in [2.45, 2.75) is 6.92 Å². The summed E-state index contributed by atoms with van der Waals surface area (Å²) >= 11 is 0. The van der Waals surface area contributed by atoms with Gasteiger partial charge in [-0.25, -0.2) is 4.79 Å². The monoisotopic (exact) mass is 441 g/mol. The minimum absolute atomic E-state index is 0.0472. The molecular formula is C24H15N3O6. The lowest BCUT2D eigenvalue weighted by atomic mass is 10.0. The molecule has 2 aliphatic heterocycles. The van der Waals surface area contributed by atoms with Gasteiger partial charge in [0.2, 0.25) is 0 Å². The largest absolute Gasteiger partial charge is 0.478 e. The van der Waals surface area contributed by atoms with Crippen LogP contribution in [0.1, 0.15) is 43.8 Å². The van der Waals surface area contributed by atoms with Crippen LogP contribution in [0.15, 0.2) is 69.7 Å². The maximum Gasteiger partial charge on any atom is 0.335 e. The summed E-state index contributed by atoms with van der Waals surface area (Å²) in [5.74, 6) is -1.55. The Morgan fingerprint density at radius 3 is 2.61 bits per heavy atom. The highest BCUT2D eigenvalue weighted by molar-refractivity contribution is 6.32. The molecule has 0 bridgehead atoms. The van der Waals surface area contributed by atoms with E-state index in [9.17, 15) is 24.3 Å². The zero-order chi connectivity index (χ0) is 23.3. The Hall–Kier alpha value is -4.79. The summed E-state index contributed by atoms with van der Waals surface area (Å²) in [6, 6.07) is 14.1. The molecule has 0 saturated carbocycles. The van der Waals surface area contributed by atoms with Gasteiger partial charge in [0.15, 0.2) is 0 Å². The van der Waals surface area contributed by atoms with E-state index in [0.29, 0.717) is 39.6 Å². The first kappa shape index (κ1) is 20.1. The van der Waals surface area contributed by atoms with Crippen molar-refractivity contribution in [2.75, 3.05) is 5.01 Å². The zero-order valence-corrected chi connectivity index (χ0v) is 17.2. The highest BCUT2D eigenvalue weighted by Crippen LogP contribution is 2.29. The van der Waals surface area contributed by atoms with Crippen molar-refractivity contribution in [1.29, 1.82) is 0 Å². The van der Waals surface area contributed by atoms with Crippen molar-refractivity contribution in [1.82, 2.24) is 5.32 Å². The quantitative estimate of drug-likeness (QED) is 0.472. The molecule has 3 amide bonds. The second kappa shape index (κ2) is 7.41. The molecule has 2 aromatic carbocycles. The van der Waals surface area contributed by atoms with E-state index in [0.717, 1.165) is 5.01 Å². The van der Waals surface area contributed by atoms with Crippen LogP contribution in [0.25, 0.3) is 17.4 Å². The van der Waals surface area contributed by atoms with Gasteiger partial charge in [0, 0.05) is 5.56 Å². The first-order valence-corrected chi connectivity index (χ1v) is 9.87. The van der Waals surface area contributed by atoms with Crippen LogP contribution >= 0.6 is 0 Å². The molecule has 0 atom stereocenters. The highest BCUT2D eigenvalue weighted by Gasteiger charge is 2.30. The number of carboxylic acids is 1. The number of carboxylic acid groups (broad SMARTS) is 1. The molecule has 0 radical (unpaired) electrons. The Morgan fingerprint density at radius 2 is 1.82 bits per heavy atom. The van der Waals surface area contributed by atoms with Crippen LogP contribution in [0.2, 0.25) is 0 Å². The normalized spacial score (nSPS) is 16.3. The molecule has 9 nitrogen and oxygen atoms in total. The maximum atomic E-state index is 13.0. The van der Waals surface area contributed by atoms with E-state index >= 15 is 0 Å². The maximum absolute atomic E-state index is 13.0. The Kier molecular flexibility index (Phi) is 4.52. The fourth-order valence-electron chi connectivity index (χ4n) is 3.68. The SMILES string of the molecule is CC1=NN(c2cccc(C(=O)O)c2)C(=O)/C1=C\c1ccc(-c2ccc3c(c2)C(=O)NC3=O)o1. The van der Waals surface area contributed by atoms with Gasteiger partial charge in [-0.1, -0.05) is 12.1 Å². The second-order valence-electron chi connectivity index (χ2n) is 7.46. The predicted molar refractivity (Wildman–Crippen MR) is 118 cm³/mol. The smallest absolute Gasteiger partial charge is 0.335 e. The number of hydrogen-bond donors (Lipinski definition) is 2. The fourth-order valence-corrected chi connectivity index (χ4v) is 3.68. The summed E-state index contributed by atoms with van der Waals surface area (Å²) in [5, 5.41) is 16.8. The number of carbonyl (C=O) groups is 4. The van der Waals surface area contributed by atoms with Crippen molar-refractivity contribution >= 4 is 41.2 Å². The molecule has 0 fully saturated rings. The molecule has 0 aliphatic carbocycles. The summed E-state index contributed by atoms with van der Waals surface area (Å²) in [7, 11) is 0. The Labute approximate surface area is 186 Å². The molecule has 5 rings (SSSR count). The number of aromatic carboxylic acids is 1. The number of hydrazone groups is 1. The summed E-state index contributed by atoms with van der Waals surface area (Å²) in [6.07, 6.45) is 1.55. The first-order chi connectivity index (χ1) is 15.8. The standard InChI is InChI=1S/C24H15N3O6/c1-12-18(23(30)27(26-12)15-4-2-3-14(9-15)24(31)32)11-16-6-8-20(33-16)13-5-7-17-19(10-13)22(29)25-21(17)28/h2-11H,1H3,(H,31,32)(H,25,28,29)/b18-11-. The van der Waals surface area contributed by atoms with Crippen LogP contribution in [0, 0.1) is 0 Å². The van der Waals surface area contributed by atoms with Crippen LogP contribution < -0.4 is 10.3 Å². The molecule has 3 heterocycles. The number of fused-ring (bicyclic) bond motifs is 1. The molecule has 0 saturated heterocycles. The Balaban J connectivity index is 1.43. The molecule has 2 aliphatic rings. The summed E-state index contributed by atoms with van der Waals surface area (Å²) in [5.41, 5.74) is 2.34. The van der Waals surface area contributed by atoms with Gasteiger partial charge in [0.25, 0.3) is 17.7 Å². The predicted octanol–water partition coefficient (Wildman–Crippen LogP) is 3.33. The van der Waals surface area contributed by atoms with Crippen molar-refractivity contribution in [2.24, 2.45) is 5.10 Å². The van der Waals surface area contributed by atoms with E-state index in [-0.39, 0.29) is 11.1 Å². The number of imide groups is 1. The summed E-state index contributed by atoms with van der Waals surface area (Å²) in [4.78, 5) is 47.8. The number of nitrogens with zero attached hydrogens (tertiary/aromatic N) is 2. The number of nitrogens with one attached hydrogen (secondary N) is 1. The second-order valence-corrected chi connectivity index (χ2v) is 7.46. The molecular weight excluding hydrogens is 426 g/mol. The molecule has 0 spiro atoms. The average molecular weight is 441 g/mol. The van der Waals surface area contributed by atoms with E-state index in [1.807, 2.05) is 0 Å². The Morgan fingerprint density at radius 1 is 1.03 bits per heavy atom. The zero-order valence-electron chi connectivity index (χ0n) is 17.2. The molecule has 2 N–H and O–H groups in total. The number of furan rings is 1. The van der Waals surface area contributed by atoms with Gasteiger partial charge in [-0.05, 0) is 55.5 Å². The third-order valence-electron chi connectivity index (χ3n) is 5.33.